The number of carbonyl (C=O) groups is 1. The van der Waals surface area contributed by atoms with Crippen LogP contribution in [0.1, 0.15) is 10.4 Å². The fourth-order valence-electron chi connectivity index (χ4n) is 2.13. The molecule has 1 amide bonds. The van der Waals surface area contributed by atoms with Crippen LogP contribution in [-0.2, 0) is 0 Å². The summed E-state index contributed by atoms with van der Waals surface area (Å²) < 4.78 is 13.6. The Labute approximate surface area is 153 Å². The first-order valence-electron chi connectivity index (χ1n) is 7.48. The molecule has 9 heteroatoms. The number of carbonyl (C=O) groups excluding carboxylic acids is 1. The highest BCUT2D eigenvalue weighted by Crippen LogP contribution is 2.26. The van der Waals surface area contributed by atoms with Crippen LogP contribution in [-0.4, -0.2) is 15.9 Å². The molecule has 26 heavy (non-hydrogen) atoms. The summed E-state index contributed by atoms with van der Waals surface area (Å²) in [6.07, 6.45) is 1.26. The third-order valence-corrected chi connectivity index (χ3v) is 3.62. The Morgan fingerprint density at radius 1 is 1.08 bits per heavy atom. The highest BCUT2D eigenvalue weighted by Gasteiger charge is 2.13. The van der Waals surface area contributed by atoms with Crippen molar-refractivity contribution in [1.82, 2.24) is 15.4 Å². The zero-order valence-electron chi connectivity index (χ0n) is 13.3. The van der Waals surface area contributed by atoms with Crippen molar-refractivity contribution in [3.8, 4) is 0 Å². The van der Waals surface area contributed by atoms with E-state index in [4.69, 9.17) is 17.3 Å². The van der Waals surface area contributed by atoms with Crippen molar-refractivity contribution in [3.05, 3.63) is 71.3 Å². The quantitative estimate of drug-likeness (QED) is 0.512. The van der Waals surface area contributed by atoms with Crippen molar-refractivity contribution >= 4 is 40.5 Å². The normalized spacial score (nSPS) is 10.2. The Bertz CT molecular complexity index is 952. The van der Waals surface area contributed by atoms with E-state index in [2.05, 4.69) is 26.1 Å². The number of nitrogens with zero attached hydrogens (tertiary/aromatic N) is 2. The van der Waals surface area contributed by atoms with E-state index in [0.717, 1.165) is 0 Å². The lowest BCUT2D eigenvalue weighted by atomic mass is 10.2. The van der Waals surface area contributed by atoms with E-state index < -0.39 is 11.7 Å². The summed E-state index contributed by atoms with van der Waals surface area (Å²) in [7, 11) is 0. The topological polar surface area (TPSA) is 105 Å². The number of amides is 1. The summed E-state index contributed by atoms with van der Waals surface area (Å²) in [5, 5.41) is 3.56. The number of nitrogens with two attached hydrogens (primary N) is 1. The Balaban J connectivity index is 1.73. The van der Waals surface area contributed by atoms with Crippen LogP contribution in [0.3, 0.4) is 0 Å². The second kappa shape index (κ2) is 7.66. The summed E-state index contributed by atoms with van der Waals surface area (Å²) in [5.74, 6) is -0.810. The number of aromatic nitrogens is 2. The van der Waals surface area contributed by atoms with Gasteiger partial charge in [0, 0.05) is 10.7 Å². The molecule has 2 aromatic carbocycles. The molecular formula is C17H14ClFN6O. The van der Waals surface area contributed by atoms with Crippen LogP contribution in [0.2, 0.25) is 5.02 Å². The van der Waals surface area contributed by atoms with Crippen LogP contribution in [0.15, 0.2) is 54.9 Å². The van der Waals surface area contributed by atoms with E-state index >= 15 is 0 Å². The number of benzene rings is 2. The number of anilines is 4. The molecule has 0 unspecified atom stereocenters. The molecule has 0 aliphatic carbocycles. The molecule has 3 aromatic rings. The van der Waals surface area contributed by atoms with Gasteiger partial charge in [0.15, 0.2) is 11.6 Å². The van der Waals surface area contributed by atoms with Crippen LogP contribution in [0.25, 0.3) is 0 Å². The Morgan fingerprint density at radius 2 is 1.85 bits per heavy atom. The maximum atomic E-state index is 13.6. The highest BCUT2D eigenvalue weighted by atomic mass is 35.5. The minimum atomic E-state index is -0.662. The van der Waals surface area contributed by atoms with Gasteiger partial charge in [0.05, 0.1) is 5.56 Å². The van der Waals surface area contributed by atoms with E-state index in [-0.39, 0.29) is 17.1 Å². The van der Waals surface area contributed by atoms with E-state index in [1.54, 1.807) is 30.3 Å². The molecule has 3 rings (SSSR count). The van der Waals surface area contributed by atoms with Gasteiger partial charge in [0.25, 0.3) is 5.91 Å². The second-order valence-corrected chi connectivity index (χ2v) is 5.62. The van der Waals surface area contributed by atoms with Gasteiger partial charge >= 0.3 is 0 Å². The van der Waals surface area contributed by atoms with Crippen molar-refractivity contribution < 1.29 is 9.18 Å². The summed E-state index contributed by atoms with van der Waals surface area (Å²) in [4.78, 5) is 20.1. The molecule has 132 valence electrons. The van der Waals surface area contributed by atoms with Crippen LogP contribution in [0.4, 0.5) is 27.4 Å². The number of rotatable bonds is 5. The molecule has 0 spiro atoms. The van der Waals surface area contributed by atoms with E-state index in [0.29, 0.717) is 16.5 Å². The third kappa shape index (κ3) is 3.98. The maximum Gasteiger partial charge on any atom is 0.272 e. The molecule has 0 radical (unpaired) electrons. The summed E-state index contributed by atoms with van der Waals surface area (Å²) >= 11 is 5.94. The monoisotopic (exact) mass is 372 g/mol. The Morgan fingerprint density at radius 3 is 2.62 bits per heavy atom. The van der Waals surface area contributed by atoms with Gasteiger partial charge < -0.3 is 11.1 Å². The SMILES string of the molecule is Nc1c(NNC(=O)c2ccccc2F)ncnc1Nc1cccc(Cl)c1. The molecule has 0 aliphatic rings. The number of hydrogen-bond acceptors (Lipinski definition) is 6. The molecular weight excluding hydrogens is 359 g/mol. The van der Waals surface area contributed by atoms with E-state index in [1.165, 1.54) is 24.5 Å². The van der Waals surface area contributed by atoms with Gasteiger partial charge in [-0.25, -0.2) is 14.4 Å². The van der Waals surface area contributed by atoms with E-state index in [9.17, 15) is 9.18 Å². The molecule has 5 N–H and O–H groups in total. The Kier molecular flexibility index (Phi) is 5.14. The predicted molar refractivity (Wildman–Crippen MR) is 98.7 cm³/mol. The molecule has 0 aliphatic heterocycles. The molecule has 1 aromatic heterocycles. The van der Waals surface area contributed by atoms with Gasteiger partial charge in [-0.05, 0) is 30.3 Å². The summed E-state index contributed by atoms with van der Waals surface area (Å²) in [6, 6.07) is 12.6. The zero-order chi connectivity index (χ0) is 18.5. The molecule has 0 bridgehead atoms. The minimum absolute atomic E-state index is 0.107. The first-order chi connectivity index (χ1) is 12.5. The van der Waals surface area contributed by atoms with Crippen molar-refractivity contribution in [1.29, 1.82) is 0 Å². The van der Waals surface area contributed by atoms with Crippen molar-refractivity contribution in [3.63, 3.8) is 0 Å². The van der Waals surface area contributed by atoms with Crippen molar-refractivity contribution in [2.75, 3.05) is 16.5 Å². The van der Waals surface area contributed by atoms with Gasteiger partial charge in [-0.3, -0.25) is 15.6 Å². The smallest absolute Gasteiger partial charge is 0.272 e. The molecule has 7 nitrogen and oxygen atoms in total. The largest absolute Gasteiger partial charge is 0.393 e. The maximum absolute atomic E-state index is 13.6. The lowest BCUT2D eigenvalue weighted by Crippen LogP contribution is -2.31. The standard InChI is InChI=1S/C17H14ClFN6O/c18-10-4-3-5-11(8-10)23-15-14(20)16(22-9-21-15)24-25-17(26)12-6-1-2-7-13(12)19/h1-9H,20H2,(H,25,26)(H2,21,22,23,24). The summed E-state index contributed by atoms with van der Waals surface area (Å²) in [5.41, 5.74) is 11.7. The summed E-state index contributed by atoms with van der Waals surface area (Å²) in [6.45, 7) is 0. The fraction of sp³-hybridized carbons (Fsp3) is 0. The highest BCUT2D eigenvalue weighted by molar-refractivity contribution is 6.30. The zero-order valence-corrected chi connectivity index (χ0v) is 14.1. The second-order valence-electron chi connectivity index (χ2n) is 5.18. The molecule has 0 atom stereocenters. The van der Waals surface area contributed by atoms with Gasteiger partial charge in [0.2, 0.25) is 0 Å². The predicted octanol–water partition coefficient (Wildman–Crippen LogP) is 3.35. The number of hydrogen-bond donors (Lipinski definition) is 4. The van der Waals surface area contributed by atoms with Gasteiger partial charge in [-0.15, -0.1) is 0 Å². The van der Waals surface area contributed by atoms with Gasteiger partial charge in [-0.1, -0.05) is 29.8 Å². The molecule has 1 heterocycles. The molecule has 0 fully saturated rings. The number of nitrogens with one attached hydrogen (secondary N) is 3. The fourth-order valence-corrected chi connectivity index (χ4v) is 2.32. The van der Waals surface area contributed by atoms with Crippen molar-refractivity contribution in [2.24, 2.45) is 0 Å². The van der Waals surface area contributed by atoms with E-state index in [1.807, 2.05) is 0 Å². The lowest BCUT2D eigenvalue weighted by molar-refractivity contribution is 0.0958. The van der Waals surface area contributed by atoms with Crippen LogP contribution in [0.5, 0.6) is 0 Å². The average Bonchev–Trinajstić information content (AvgIpc) is 2.62. The lowest BCUT2D eigenvalue weighted by Gasteiger charge is -2.13. The number of nitrogen functional groups attached to an aromatic ring is 1. The number of halogens is 2. The van der Waals surface area contributed by atoms with Crippen molar-refractivity contribution in [2.45, 2.75) is 0 Å². The van der Waals surface area contributed by atoms with Gasteiger partial charge in [0.1, 0.15) is 17.8 Å². The average molecular weight is 373 g/mol. The Hall–Kier alpha value is -3.39. The first kappa shape index (κ1) is 17.4. The third-order valence-electron chi connectivity index (χ3n) is 3.38. The molecule has 0 saturated heterocycles. The van der Waals surface area contributed by atoms with Crippen LogP contribution in [0, 0.1) is 5.82 Å². The van der Waals surface area contributed by atoms with Crippen LogP contribution < -0.4 is 21.9 Å². The minimum Gasteiger partial charge on any atom is -0.393 e. The molecule has 0 saturated carbocycles. The van der Waals surface area contributed by atoms with Gasteiger partial charge in [-0.2, -0.15) is 0 Å². The first-order valence-corrected chi connectivity index (χ1v) is 7.86. The number of hydrazine groups is 1. The van der Waals surface area contributed by atoms with Crippen LogP contribution >= 0.6 is 11.6 Å².